The molecule has 0 aliphatic carbocycles. The van der Waals surface area contributed by atoms with Crippen LogP contribution in [0.2, 0.25) is 0 Å². The summed E-state index contributed by atoms with van der Waals surface area (Å²) in [7, 11) is 1.95. The molecule has 0 atom stereocenters. The minimum atomic E-state index is 0.766. The highest BCUT2D eigenvalue weighted by Gasteiger charge is 2.07. The second-order valence-electron chi connectivity index (χ2n) is 2.95. The summed E-state index contributed by atoms with van der Waals surface area (Å²) in [5.74, 6) is 0. The summed E-state index contributed by atoms with van der Waals surface area (Å²) in [5, 5.41) is 1.06. The number of rotatable bonds is 1. The normalized spacial score (nSPS) is 10.6. The predicted molar refractivity (Wildman–Crippen MR) is 61.0 cm³/mol. The number of aryl methyl sites for hydroxylation is 1. The Bertz CT molecular complexity index is 473. The minimum Gasteiger partial charge on any atom is -0.350 e. The number of nitrogens with zero attached hydrogens (tertiary/aromatic N) is 1. The van der Waals surface area contributed by atoms with E-state index in [1.165, 1.54) is 0 Å². The topological polar surface area (TPSA) is 22.0 Å². The highest BCUT2D eigenvalue weighted by molar-refractivity contribution is 14.1. The highest BCUT2D eigenvalue weighted by atomic mass is 127. The Kier molecular flexibility index (Phi) is 2.11. The summed E-state index contributed by atoms with van der Waals surface area (Å²) in [5.41, 5.74) is 1.87. The average molecular weight is 285 g/mol. The summed E-state index contributed by atoms with van der Waals surface area (Å²) in [4.78, 5) is 10.8. The molecule has 0 spiro atoms. The number of benzene rings is 1. The summed E-state index contributed by atoms with van der Waals surface area (Å²) in [6, 6.07) is 6.03. The molecule has 0 unspecified atom stereocenters. The Morgan fingerprint density at radius 1 is 1.46 bits per heavy atom. The summed E-state index contributed by atoms with van der Waals surface area (Å²) >= 11 is 2.25. The van der Waals surface area contributed by atoms with Crippen LogP contribution >= 0.6 is 22.6 Å². The van der Waals surface area contributed by atoms with E-state index in [1.54, 1.807) is 0 Å². The molecule has 2 nitrogen and oxygen atoms in total. The van der Waals surface area contributed by atoms with Gasteiger partial charge in [-0.3, -0.25) is 4.79 Å². The lowest BCUT2D eigenvalue weighted by Crippen LogP contribution is -1.83. The van der Waals surface area contributed by atoms with Gasteiger partial charge in [0.2, 0.25) is 0 Å². The quantitative estimate of drug-likeness (QED) is 0.583. The van der Waals surface area contributed by atoms with Crippen LogP contribution in [0.1, 0.15) is 10.4 Å². The van der Waals surface area contributed by atoms with Gasteiger partial charge in [-0.05, 0) is 34.7 Å². The average Bonchev–Trinajstić information content (AvgIpc) is 2.45. The number of aldehydes is 1. The van der Waals surface area contributed by atoms with Gasteiger partial charge in [0.15, 0.2) is 6.29 Å². The summed E-state index contributed by atoms with van der Waals surface area (Å²) < 4.78 is 3.10. The largest absolute Gasteiger partial charge is 0.350 e. The van der Waals surface area contributed by atoms with Crippen molar-refractivity contribution < 1.29 is 4.79 Å². The molecule has 1 heterocycles. The fraction of sp³-hybridized carbons (Fsp3) is 0.100. The molecular weight excluding hydrogens is 277 g/mol. The zero-order valence-electron chi connectivity index (χ0n) is 7.12. The third-order valence-electron chi connectivity index (χ3n) is 2.12. The molecule has 0 amide bonds. The lowest BCUT2D eigenvalue weighted by atomic mass is 10.2. The van der Waals surface area contributed by atoms with Gasteiger partial charge >= 0.3 is 0 Å². The van der Waals surface area contributed by atoms with Crippen molar-refractivity contribution in [2.75, 3.05) is 0 Å². The molecule has 3 heteroatoms. The van der Waals surface area contributed by atoms with Crippen molar-refractivity contribution in [2.45, 2.75) is 0 Å². The fourth-order valence-electron chi connectivity index (χ4n) is 1.52. The first kappa shape index (κ1) is 8.74. The molecule has 1 aromatic heterocycles. The number of fused-ring (bicyclic) bond motifs is 1. The Morgan fingerprint density at radius 2 is 2.23 bits per heavy atom. The number of hydrogen-bond donors (Lipinski definition) is 0. The minimum absolute atomic E-state index is 0.766. The van der Waals surface area contributed by atoms with E-state index in [0.717, 1.165) is 26.3 Å². The van der Waals surface area contributed by atoms with Crippen molar-refractivity contribution in [3.63, 3.8) is 0 Å². The van der Waals surface area contributed by atoms with Gasteiger partial charge in [-0.25, -0.2) is 0 Å². The zero-order valence-corrected chi connectivity index (χ0v) is 9.28. The van der Waals surface area contributed by atoms with E-state index < -0.39 is 0 Å². The first-order chi connectivity index (χ1) is 6.24. The van der Waals surface area contributed by atoms with Crippen LogP contribution in [-0.2, 0) is 7.05 Å². The smallest absolute Gasteiger partial charge is 0.152 e. The molecule has 0 saturated carbocycles. The Morgan fingerprint density at radius 3 is 2.92 bits per heavy atom. The second kappa shape index (κ2) is 3.14. The van der Waals surface area contributed by atoms with Gasteiger partial charge in [0.1, 0.15) is 0 Å². The maximum atomic E-state index is 10.8. The van der Waals surface area contributed by atoms with Crippen LogP contribution in [0.25, 0.3) is 10.9 Å². The van der Waals surface area contributed by atoms with Crippen LogP contribution < -0.4 is 0 Å². The number of hydrogen-bond acceptors (Lipinski definition) is 1. The fourth-order valence-corrected chi connectivity index (χ4v) is 2.32. The first-order valence-electron chi connectivity index (χ1n) is 3.93. The van der Waals surface area contributed by atoms with Crippen LogP contribution in [0.5, 0.6) is 0 Å². The van der Waals surface area contributed by atoms with Crippen LogP contribution in [-0.4, -0.2) is 10.9 Å². The number of carbonyl (C=O) groups is 1. The second-order valence-corrected chi connectivity index (χ2v) is 4.11. The lowest BCUT2D eigenvalue weighted by molar-refractivity contribution is 0.112. The molecule has 2 rings (SSSR count). The third kappa shape index (κ3) is 1.27. The van der Waals surface area contributed by atoms with Gasteiger partial charge < -0.3 is 4.57 Å². The van der Waals surface area contributed by atoms with Crippen LogP contribution in [0.15, 0.2) is 24.4 Å². The molecule has 0 aliphatic rings. The molecule has 2 aromatic rings. The molecule has 0 bridgehead atoms. The van der Waals surface area contributed by atoms with Gasteiger partial charge in [0.25, 0.3) is 0 Å². The van der Waals surface area contributed by atoms with Gasteiger partial charge in [-0.2, -0.15) is 0 Å². The molecule has 0 radical (unpaired) electrons. The molecule has 66 valence electrons. The van der Waals surface area contributed by atoms with Gasteiger partial charge in [-0.1, -0.05) is 6.07 Å². The number of carbonyl (C=O) groups excluding carboxylic acids is 1. The summed E-state index contributed by atoms with van der Waals surface area (Å²) in [6.07, 6.45) is 2.77. The van der Waals surface area contributed by atoms with Crippen molar-refractivity contribution in [1.82, 2.24) is 4.57 Å². The van der Waals surface area contributed by atoms with E-state index in [9.17, 15) is 4.79 Å². The zero-order chi connectivity index (χ0) is 9.42. The van der Waals surface area contributed by atoms with Gasteiger partial charge in [0.05, 0.1) is 0 Å². The molecule has 13 heavy (non-hydrogen) atoms. The lowest BCUT2D eigenvalue weighted by Gasteiger charge is -1.96. The van der Waals surface area contributed by atoms with E-state index in [-0.39, 0.29) is 0 Å². The SMILES string of the molecule is Cn1cc(C=O)c2c(I)cccc21. The van der Waals surface area contributed by atoms with Gasteiger partial charge in [0, 0.05) is 33.3 Å². The maximum absolute atomic E-state index is 10.8. The highest BCUT2D eigenvalue weighted by Crippen LogP contribution is 2.24. The van der Waals surface area contributed by atoms with Crippen molar-refractivity contribution in [3.05, 3.63) is 33.5 Å². The van der Waals surface area contributed by atoms with Crippen LogP contribution in [0.4, 0.5) is 0 Å². The first-order valence-corrected chi connectivity index (χ1v) is 5.00. The Labute approximate surface area is 89.7 Å². The predicted octanol–water partition coefficient (Wildman–Crippen LogP) is 2.60. The molecule has 0 fully saturated rings. The van der Waals surface area contributed by atoms with Crippen molar-refractivity contribution in [3.8, 4) is 0 Å². The Hall–Kier alpha value is -0.840. The van der Waals surface area contributed by atoms with E-state index in [2.05, 4.69) is 22.6 Å². The van der Waals surface area contributed by atoms with E-state index in [4.69, 9.17) is 0 Å². The van der Waals surface area contributed by atoms with Crippen molar-refractivity contribution in [1.29, 1.82) is 0 Å². The number of halogens is 1. The van der Waals surface area contributed by atoms with Crippen LogP contribution in [0.3, 0.4) is 0 Å². The monoisotopic (exact) mass is 285 g/mol. The van der Waals surface area contributed by atoms with E-state index in [0.29, 0.717) is 0 Å². The maximum Gasteiger partial charge on any atom is 0.152 e. The van der Waals surface area contributed by atoms with Crippen LogP contribution in [0, 0.1) is 3.57 Å². The number of aromatic nitrogens is 1. The standard InChI is InChI=1S/C10H8INO/c1-12-5-7(6-13)10-8(11)3-2-4-9(10)12/h2-6H,1H3. The Balaban J connectivity index is 2.96. The summed E-state index contributed by atoms with van der Waals surface area (Å²) in [6.45, 7) is 0. The third-order valence-corrected chi connectivity index (χ3v) is 3.02. The van der Waals surface area contributed by atoms with Gasteiger partial charge in [-0.15, -0.1) is 0 Å². The van der Waals surface area contributed by atoms with E-state index in [1.807, 2.05) is 36.0 Å². The molecule has 0 N–H and O–H groups in total. The van der Waals surface area contributed by atoms with Crippen molar-refractivity contribution >= 4 is 39.8 Å². The molecular formula is C10H8INO. The molecule has 0 aliphatic heterocycles. The molecule has 1 aromatic carbocycles. The van der Waals surface area contributed by atoms with Crippen molar-refractivity contribution in [2.24, 2.45) is 7.05 Å². The molecule has 0 saturated heterocycles. The van der Waals surface area contributed by atoms with E-state index >= 15 is 0 Å².